The highest BCUT2D eigenvalue weighted by Crippen LogP contribution is 2.35. The molecule has 0 atom stereocenters. The van der Waals surface area contributed by atoms with Crippen molar-refractivity contribution >= 4 is 34.4 Å². The third-order valence-corrected chi connectivity index (χ3v) is 5.33. The summed E-state index contributed by atoms with van der Waals surface area (Å²) in [4.78, 5) is 30.5. The molecule has 0 fully saturated rings. The van der Waals surface area contributed by atoms with Gasteiger partial charge in [0.25, 0.3) is 11.8 Å². The van der Waals surface area contributed by atoms with Crippen LogP contribution in [0.2, 0.25) is 0 Å². The Bertz CT molecular complexity index is 815. The Balaban J connectivity index is 1.98. The maximum atomic E-state index is 13.2. The van der Waals surface area contributed by atoms with Crippen molar-refractivity contribution in [3.8, 4) is 0 Å². The van der Waals surface area contributed by atoms with Crippen LogP contribution < -0.4 is 4.90 Å². The summed E-state index contributed by atoms with van der Waals surface area (Å²) < 4.78 is 5.36. The number of amides is 2. The van der Waals surface area contributed by atoms with Gasteiger partial charge in [0.05, 0.1) is 5.57 Å². The van der Waals surface area contributed by atoms with E-state index in [0.29, 0.717) is 44.0 Å². The number of likely N-dealkylation sites (N-methyl/N-ethyl adjacent to an activating group) is 1. The topological polar surface area (TPSA) is 49.9 Å². The zero-order valence-corrected chi connectivity index (χ0v) is 16.5. The molecule has 0 spiro atoms. The molecule has 0 radical (unpaired) electrons. The van der Waals surface area contributed by atoms with Crippen LogP contribution in [0.25, 0.3) is 5.57 Å². The highest BCUT2D eigenvalue weighted by Gasteiger charge is 2.41. The van der Waals surface area contributed by atoms with Crippen molar-refractivity contribution in [1.29, 1.82) is 0 Å². The number of carbonyl (C=O) groups is 2. The number of nitrogens with zero attached hydrogens (tertiary/aromatic N) is 2. The van der Waals surface area contributed by atoms with E-state index in [9.17, 15) is 9.59 Å². The second-order valence-corrected chi connectivity index (χ2v) is 7.04. The van der Waals surface area contributed by atoms with Crippen molar-refractivity contribution in [3.63, 3.8) is 0 Å². The van der Waals surface area contributed by atoms with E-state index in [4.69, 9.17) is 4.74 Å². The van der Waals surface area contributed by atoms with Gasteiger partial charge >= 0.3 is 0 Å². The second-order valence-electron chi connectivity index (χ2n) is 6.09. The van der Waals surface area contributed by atoms with Gasteiger partial charge in [-0.2, -0.15) is 0 Å². The molecular formula is C21H24N2O3S. The molecule has 5 nitrogen and oxygen atoms in total. The van der Waals surface area contributed by atoms with Crippen LogP contribution in [0.3, 0.4) is 0 Å². The Hall–Kier alpha value is -2.44. The summed E-state index contributed by atoms with van der Waals surface area (Å²) >= 11 is 1.48. The third kappa shape index (κ3) is 3.96. The number of para-hydroxylation sites is 1. The summed E-state index contributed by atoms with van der Waals surface area (Å²) in [5, 5.41) is 1.92. The number of anilines is 1. The quantitative estimate of drug-likeness (QED) is 0.488. The number of rotatable bonds is 9. The average Bonchev–Trinajstić information content (AvgIpc) is 3.29. The third-order valence-electron chi connectivity index (χ3n) is 4.44. The van der Waals surface area contributed by atoms with Gasteiger partial charge in [0.2, 0.25) is 0 Å². The molecule has 1 aliphatic rings. The predicted octanol–water partition coefficient (Wildman–Crippen LogP) is 3.78. The maximum absolute atomic E-state index is 13.2. The van der Waals surface area contributed by atoms with Gasteiger partial charge in [-0.3, -0.25) is 14.5 Å². The van der Waals surface area contributed by atoms with Crippen LogP contribution in [0.4, 0.5) is 5.69 Å². The van der Waals surface area contributed by atoms with Gasteiger partial charge in [-0.1, -0.05) is 24.3 Å². The van der Waals surface area contributed by atoms with Gasteiger partial charge in [-0.15, -0.1) is 11.3 Å². The highest BCUT2D eigenvalue weighted by atomic mass is 32.1. The molecule has 1 aromatic carbocycles. The number of thiophene rings is 1. The Labute approximate surface area is 163 Å². The molecule has 0 saturated heterocycles. The molecular weight excluding hydrogens is 360 g/mol. The summed E-state index contributed by atoms with van der Waals surface area (Å²) in [7, 11) is 0. The first-order valence-corrected chi connectivity index (χ1v) is 10.1. The SMILES string of the molecule is CCOCCCN1C(=O)C(c2cccs2)=C(N(CC)c2ccccc2)C1=O. The van der Waals surface area contributed by atoms with E-state index < -0.39 is 0 Å². The van der Waals surface area contributed by atoms with Crippen LogP contribution >= 0.6 is 11.3 Å². The number of carbonyl (C=O) groups excluding carboxylic acids is 2. The number of ether oxygens (including phenoxy) is 1. The Morgan fingerprint density at radius 2 is 1.81 bits per heavy atom. The van der Waals surface area contributed by atoms with Crippen LogP contribution in [-0.2, 0) is 14.3 Å². The molecule has 2 heterocycles. The standard InChI is InChI=1S/C21H24N2O3S/c1-3-22(16-10-6-5-7-11-16)19-18(17-12-8-15-27-17)20(24)23(21(19)25)13-9-14-26-4-2/h5-8,10-12,15H,3-4,9,13-14H2,1-2H3. The molecule has 1 aliphatic heterocycles. The van der Waals surface area contributed by atoms with Gasteiger partial charge < -0.3 is 9.64 Å². The first-order chi connectivity index (χ1) is 13.2. The molecule has 1 aromatic heterocycles. The summed E-state index contributed by atoms with van der Waals surface area (Å²) in [6.07, 6.45) is 0.633. The normalized spacial score (nSPS) is 14.4. The smallest absolute Gasteiger partial charge is 0.278 e. The highest BCUT2D eigenvalue weighted by molar-refractivity contribution is 7.11. The summed E-state index contributed by atoms with van der Waals surface area (Å²) in [6.45, 7) is 6.04. The van der Waals surface area contributed by atoms with Crippen LogP contribution in [0, 0.1) is 0 Å². The number of imide groups is 1. The van der Waals surface area contributed by atoms with Gasteiger partial charge in [0, 0.05) is 36.9 Å². The van der Waals surface area contributed by atoms with E-state index in [1.165, 1.54) is 16.2 Å². The van der Waals surface area contributed by atoms with Gasteiger partial charge in [-0.05, 0) is 43.8 Å². The van der Waals surface area contributed by atoms with E-state index >= 15 is 0 Å². The van der Waals surface area contributed by atoms with Crippen molar-refractivity contribution < 1.29 is 14.3 Å². The molecule has 2 amide bonds. The fraction of sp³-hybridized carbons (Fsp3) is 0.333. The molecule has 3 rings (SSSR count). The van der Waals surface area contributed by atoms with Crippen molar-refractivity contribution in [3.05, 3.63) is 58.4 Å². The van der Waals surface area contributed by atoms with Crippen molar-refractivity contribution in [2.75, 3.05) is 31.2 Å². The zero-order chi connectivity index (χ0) is 19.2. The predicted molar refractivity (Wildman–Crippen MR) is 109 cm³/mol. The first kappa shape index (κ1) is 19.3. The minimum absolute atomic E-state index is 0.219. The monoisotopic (exact) mass is 384 g/mol. The molecule has 2 aromatic rings. The average molecular weight is 385 g/mol. The molecule has 142 valence electrons. The van der Waals surface area contributed by atoms with Crippen LogP contribution in [-0.4, -0.2) is 43.0 Å². The first-order valence-electron chi connectivity index (χ1n) is 9.23. The molecule has 0 saturated carbocycles. The molecule has 0 N–H and O–H groups in total. The van der Waals surface area contributed by atoms with E-state index in [0.717, 1.165) is 10.6 Å². The molecule has 0 aliphatic carbocycles. The lowest BCUT2D eigenvalue weighted by Crippen LogP contribution is -2.36. The molecule has 27 heavy (non-hydrogen) atoms. The van der Waals surface area contributed by atoms with Crippen LogP contribution in [0.5, 0.6) is 0 Å². The lowest BCUT2D eigenvalue weighted by atomic mass is 10.1. The molecule has 6 heteroatoms. The van der Waals surface area contributed by atoms with Gasteiger partial charge in [0.15, 0.2) is 0 Å². The van der Waals surface area contributed by atoms with E-state index in [1.54, 1.807) is 0 Å². The largest absolute Gasteiger partial charge is 0.382 e. The minimum Gasteiger partial charge on any atom is -0.382 e. The molecule has 0 bridgehead atoms. The minimum atomic E-state index is -0.231. The number of hydrogen-bond acceptors (Lipinski definition) is 5. The van der Waals surface area contributed by atoms with Crippen LogP contribution in [0.1, 0.15) is 25.1 Å². The van der Waals surface area contributed by atoms with Crippen molar-refractivity contribution in [2.24, 2.45) is 0 Å². The second kappa shape index (κ2) is 8.97. The maximum Gasteiger partial charge on any atom is 0.278 e. The Kier molecular flexibility index (Phi) is 6.42. The van der Waals surface area contributed by atoms with Crippen molar-refractivity contribution in [1.82, 2.24) is 4.90 Å². The Morgan fingerprint density at radius 1 is 1.04 bits per heavy atom. The van der Waals surface area contributed by atoms with Crippen LogP contribution in [0.15, 0.2) is 53.5 Å². The van der Waals surface area contributed by atoms with Gasteiger partial charge in [0.1, 0.15) is 5.70 Å². The number of benzene rings is 1. The summed E-state index contributed by atoms with van der Waals surface area (Å²) in [6, 6.07) is 13.5. The zero-order valence-electron chi connectivity index (χ0n) is 15.7. The van der Waals surface area contributed by atoms with E-state index in [1.807, 2.05) is 66.6 Å². The summed E-state index contributed by atoms with van der Waals surface area (Å²) in [5.74, 6) is -0.450. The fourth-order valence-corrected chi connectivity index (χ4v) is 3.97. The molecule has 0 unspecified atom stereocenters. The van der Waals surface area contributed by atoms with E-state index in [2.05, 4.69) is 0 Å². The van der Waals surface area contributed by atoms with E-state index in [-0.39, 0.29) is 11.8 Å². The lowest BCUT2D eigenvalue weighted by Gasteiger charge is -2.24. The Morgan fingerprint density at radius 3 is 2.44 bits per heavy atom. The lowest BCUT2D eigenvalue weighted by molar-refractivity contribution is -0.137. The van der Waals surface area contributed by atoms with Gasteiger partial charge in [-0.25, -0.2) is 0 Å². The van der Waals surface area contributed by atoms with Crippen molar-refractivity contribution in [2.45, 2.75) is 20.3 Å². The number of hydrogen-bond donors (Lipinski definition) is 0. The fourth-order valence-electron chi connectivity index (χ4n) is 3.21. The summed E-state index contributed by atoms with van der Waals surface area (Å²) in [5.41, 5.74) is 1.87.